The van der Waals surface area contributed by atoms with Crippen LogP contribution in [0.3, 0.4) is 0 Å². The van der Waals surface area contributed by atoms with E-state index in [0.29, 0.717) is 6.54 Å². The van der Waals surface area contributed by atoms with Gasteiger partial charge in [-0.25, -0.2) is 4.98 Å². The molecule has 0 spiro atoms. The molecule has 4 nitrogen and oxygen atoms in total. The van der Waals surface area contributed by atoms with Crippen LogP contribution in [-0.4, -0.2) is 55.5 Å². The number of thiazole rings is 1. The van der Waals surface area contributed by atoms with E-state index in [4.69, 9.17) is 4.98 Å². The van der Waals surface area contributed by atoms with Crippen molar-refractivity contribution in [2.75, 3.05) is 44.6 Å². The molecule has 3 aromatic rings. The molecule has 8 heteroatoms. The Bertz CT molecular complexity index is 945. The van der Waals surface area contributed by atoms with E-state index < -0.39 is 0 Å². The van der Waals surface area contributed by atoms with E-state index in [0.717, 1.165) is 37.2 Å². The van der Waals surface area contributed by atoms with Crippen molar-refractivity contribution < 1.29 is 4.79 Å². The van der Waals surface area contributed by atoms with Crippen LogP contribution < -0.4 is 4.90 Å². The van der Waals surface area contributed by atoms with Crippen molar-refractivity contribution in [2.45, 2.75) is 9.79 Å². The summed E-state index contributed by atoms with van der Waals surface area (Å²) in [5, 5.41) is 0.759. The number of hydrogen-bond acceptors (Lipinski definition) is 6. The number of carbonyl (C=O) groups is 1. The van der Waals surface area contributed by atoms with Gasteiger partial charge in [0.1, 0.15) is 0 Å². The van der Waals surface area contributed by atoms with Gasteiger partial charge in [0.05, 0.1) is 15.8 Å². The number of hydrogen-bond donors (Lipinski definition) is 0. The lowest BCUT2D eigenvalue weighted by molar-refractivity contribution is 0.0982. The lowest BCUT2D eigenvalue weighted by Gasteiger charge is -2.22. The molecule has 0 N–H and O–H groups in total. The fourth-order valence-electron chi connectivity index (χ4n) is 2.74. The summed E-state index contributed by atoms with van der Waals surface area (Å²) in [5.41, 5.74) is 1.71. The quantitative estimate of drug-likeness (QED) is 0.449. The van der Waals surface area contributed by atoms with E-state index >= 15 is 0 Å². The van der Waals surface area contributed by atoms with Gasteiger partial charge in [-0.3, -0.25) is 9.69 Å². The number of amides is 1. The third-order valence-corrected chi connectivity index (χ3v) is 6.78. The predicted octanol–water partition coefficient (Wildman–Crippen LogP) is 5.37. The van der Waals surface area contributed by atoms with Gasteiger partial charge in [-0.1, -0.05) is 29.5 Å². The molecular formula is C20H24ClN3OS3. The maximum Gasteiger partial charge on any atom is 0.261 e. The van der Waals surface area contributed by atoms with Gasteiger partial charge in [0, 0.05) is 22.9 Å². The van der Waals surface area contributed by atoms with Crippen molar-refractivity contribution >= 4 is 68.5 Å². The first-order chi connectivity index (χ1) is 13.0. The van der Waals surface area contributed by atoms with Gasteiger partial charge in [0.2, 0.25) is 0 Å². The molecule has 28 heavy (non-hydrogen) atoms. The van der Waals surface area contributed by atoms with E-state index in [-0.39, 0.29) is 18.3 Å². The minimum Gasteiger partial charge on any atom is -0.308 e. The van der Waals surface area contributed by atoms with Crippen molar-refractivity contribution in [3.8, 4) is 0 Å². The standard InChI is InChI=1S/C20H23N3OS3.ClH/c1-22(2)12-13-23(19(24)14-8-5-6-9-15(14)25-3)20-21-18-16(26-4)10-7-11-17(18)27-20;/h5-11H,12-13H2,1-4H3;1H. The second-order valence-corrected chi connectivity index (χ2v) is 8.97. The average molecular weight is 454 g/mol. The molecule has 1 heterocycles. The number of likely N-dealkylation sites (N-methyl/N-ethyl adjacent to an activating group) is 1. The summed E-state index contributed by atoms with van der Waals surface area (Å²) in [6.45, 7) is 1.38. The summed E-state index contributed by atoms with van der Waals surface area (Å²) in [6, 6.07) is 14.0. The number of benzene rings is 2. The molecular weight excluding hydrogens is 430 g/mol. The summed E-state index contributed by atoms with van der Waals surface area (Å²) < 4.78 is 1.11. The van der Waals surface area contributed by atoms with Crippen molar-refractivity contribution in [1.82, 2.24) is 9.88 Å². The van der Waals surface area contributed by atoms with Crippen LogP contribution in [0.15, 0.2) is 52.3 Å². The number of nitrogens with zero attached hydrogens (tertiary/aromatic N) is 3. The molecule has 0 aliphatic heterocycles. The average Bonchev–Trinajstić information content (AvgIpc) is 3.11. The minimum absolute atomic E-state index is 0. The van der Waals surface area contributed by atoms with Crippen molar-refractivity contribution in [3.63, 3.8) is 0 Å². The molecule has 1 aromatic heterocycles. The van der Waals surface area contributed by atoms with E-state index in [1.54, 1.807) is 34.9 Å². The second-order valence-electron chi connectivity index (χ2n) is 6.26. The lowest BCUT2D eigenvalue weighted by Crippen LogP contribution is -2.37. The zero-order chi connectivity index (χ0) is 19.4. The van der Waals surface area contributed by atoms with E-state index in [1.807, 2.05) is 55.6 Å². The minimum atomic E-state index is 0. The molecule has 1 amide bonds. The van der Waals surface area contributed by atoms with E-state index in [2.05, 4.69) is 23.3 Å². The van der Waals surface area contributed by atoms with Crippen LogP contribution in [-0.2, 0) is 0 Å². The SMILES string of the molecule is CSc1ccccc1C(=O)N(CCN(C)C)c1nc2c(SC)cccc2s1.Cl. The third kappa shape index (κ3) is 5.02. The van der Waals surface area contributed by atoms with Crippen LogP contribution in [0.5, 0.6) is 0 Å². The van der Waals surface area contributed by atoms with Gasteiger partial charge in [-0.05, 0) is 50.9 Å². The molecule has 0 fully saturated rings. The molecule has 0 atom stereocenters. The van der Waals surface area contributed by atoms with E-state index in [9.17, 15) is 4.79 Å². The van der Waals surface area contributed by atoms with Gasteiger partial charge >= 0.3 is 0 Å². The number of aromatic nitrogens is 1. The summed E-state index contributed by atoms with van der Waals surface area (Å²) in [7, 11) is 4.03. The predicted molar refractivity (Wildman–Crippen MR) is 127 cm³/mol. The number of fused-ring (bicyclic) bond motifs is 1. The molecule has 0 saturated heterocycles. The van der Waals surface area contributed by atoms with Crippen molar-refractivity contribution in [3.05, 3.63) is 48.0 Å². The number of anilines is 1. The summed E-state index contributed by atoms with van der Waals surface area (Å²) >= 11 is 4.85. The Hall–Kier alpha value is -1.25. The summed E-state index contributed by atoms with van der Waals surface area (Å²) in [4.78, 5) is 24.3. The fraction of sp³-hybridized carbons (Fsp3) is 0.300. The van der Waals surface area contributed by atoms with Crippen molar-refractivity contribution in [2.24, 2.45) is 0 Å². The van der Waals surface area contributed by atoms with Crippen LogP contribution >= 0.6 is 47.3 Å². The highest BCUT2D eigenvalue weighted by Gasteiger charge is 2.23. The highest BCUT2D eigenvalue weighted by molar-refractivity contribution is 7.99. The molecule has 2 aromatic carbocycles. The normalized spacial score (nSPS) is 10.9. The zero-order valence-electron chi connectivity index (χ0n) is 16.3. The molecule has 0 aliphatic carbocycles. The van der Waals surface area contributed by atoms with Crippen LogP contribution in [0, 0.1) is 0 Å². The smallest absolute Gasteiger partial charge is 0.261 e. The van der Waals surface area contributed by atoms with Gasteiger partial charge in [0.25, 0.3) is 5.91 Å². The molecule has 0 bridgehead atoms. The van der Waals surface area contributed by atoms with Gasteiger partial charge < -0.3 is 4.90 Å². The van der Waals surface area contributed by atoms with E-state index in [1.165, 1.54) is 0 Å². The highest BCUT2D eigenvalue weighted by Crippen LogP contribution is 2.35. The zero-order valence-corrected chi connectivity index (χ0v) is 19.6. The van der Waals surface area contributed by atoms with Crippen LogP contribution in [0.4, 0.5) is 5.13 Å². The van der Waals surface area contributed by atoms with Gasteiger partial charge in [-0.15, -0.1) is 35.9 Å². The van der Waals surface area contributed by atoms with Gasteiger partial charge in [0.15, 0.2) is 5.13 Å². The first-order valence-electron chi connectivity index (χ1n) is 8.58. The van der Waals surface area contributed by atoms with Crippen LogP contribution in [0.1, 0.15) is 10.4 Å². The number of halogens is 1. The molecule has 0 unspecified atom stereocenters. The Labute approximate surface area is 185 Å². The Morgan fingerprint density at radius 2 is 1.68 bits per heavy atom. The van der Waals surface area contributed by atoms with Crippen LogP contribution in [0.2, 0.25) is 0 Å². The maximum atomic E-state index is 13.4. The highest BCUT2D eigenvalue weighted by atomic mass is 35.5. The van der Waals surface area contributed by atoms with Gasteiger partial charge in [-0.2, -0.15) is 0 Å². The lowest BCUT2D eigenvalue weighted by atomic mass is 10.2. The summed E-state index contributed by atoms with van der Waals surface area (Å²) in [6.07, 6.45) is 4.05. The molecule has 0 radical (unpaired) electrons. The number of carbonyl (C=O) groups excluding carboxylic acids is 1. The number of thioether (sulfide) groups is 2. The Kier molecular flexibility index (Phi) is 8.64. The molecule has 0 aliphatic rings. The monoisotopic (exact) mass is 453 g/mol. The Morgan fingerprint density at radius 1 is 1.00 bits per heavy atom. The largest absolute Gasteiger partial charge is 0.308 e. The fourth-order valence-corrected chi connectivity index (χ4v) is 4.98. The molecule has 0 saturated carbocycles. The second kappa shape index (κ2) is 10.5. The topological polar surface area (TPSA) is 36.4 Å². The molecule has 150 valence electrons. The van der Waals surface area contributed by atoms with Crippen LogP contribution in [0.25, 0.3) is 10.2 Å². The third-order valence-electron chi connectivity index (χ3n) is 4.17. The Balaban J connectivity index is 0.00000280. The Morgan fingerprint density at radius 3 is 2.36 bits per heavy atom. The summed E-state index contributed by atoms with van der Waals surface area (Å²) in [5.74, 6) is 0.00607. The first kappa shape index (κ1) is 23.0. The number of rotatable bonds is 7. The first-order valence-corrected chi connectivity index (χ1v) is 11.8. The molecule has 3 rings (SSSR count). The number of para-hydroxylation sites is 1. The van der Waals surface area contributed by atoms with Crippen molar-refractivity contribution in [1.29, 1.82) is 0 Å². The maximum absolute atomic E-state index is 13.4.